The van der Waals surface area contributed by atoms with Crippen LogP contribution >= 0.6 is 11.3 Å². The van der Waals surface area contributed by atoms with Crippen molar-refractivity contribution in [3.8, 4) is 0 Å². The van der Waals surface area contributed by atoms with Gasteiger partial charge in [-0.3, -0.25) is 4.98 Å². The molecule has 0 aliphatic carbocycles. The molecule has 16 heavy (non-hydrogen) atoms. The highest BCUT2D eigenvalue weighted by molar-refractivity contribution is 7.26. The molecule has 0 spiro atoms. The molecule has 0 bridgehead atoms. The predicted molar refractivity (Wildman–Crippen MR) is 71.2 cm³/mol. The molecule has 0 saturated carbocycles. The number of pyridine rings is 1. The van der Waals surface area contributed by atoms with Crippen LogP contribution in [-0.2, 0) is 0 Å². The van der Waals surface area contributed by atoms with Crippen LogP contribution in [0.25, 0.3) is 20.2 Å². The van der Waals surface area contributed by atoms with E-state index in [1.165, 1.54) is 25.9 Å². The maximum absolute atomic E-state index is 4.51. The largest absolute Gasteiger partial charge is 0.260 e. The van der Waals surface area contributed by atoms with Gasteiger partial charge < -0.3 is 0 Å². The van der Waals surface area contributed by atoms with Gasteiger partial charge in [-0.1, -0.05) is 32.0 Å². The number of nitrogens with zero attached hydrogens (tertiary/aromatic N) is 1. The Labute approximate surface area is 98.7 Å². The molecule has 2 heteroatoms. The van der Waals surface area contributed by atoms with E-state index >= 15 is 0 Å². The molecule has 0 aliphatic rings. The summed E-state index contributed by atoms with van der Waals surface area (Å²) in [6.07, 6.45) is 1.93. The van der Waals surface area contributed by atoms with E-state index in [4.69, 9.17) is 0 Å². The molecule has 0 amide bonds. The van der Waals surface area contributed by atoms with E-state index in [0.29, 0.717) is 5.92 Å². The van der Waals surface area contributed by atoms with Crippen LogP contribution in [-0.4, -0.2) is 4.98 Å². The molecule has 1 nitrogen and oxygen atoms in total. The first-order valence-electron chi connectivity index (χ1n) is 5.53. The summed E-state index contributed by atoms with van der Waals surface area (Å²) in [7, 11) is 0. The van der Waals surface area contributed by atoms with E-state index in [0.717, 1.165) is 0 Å². The van der Waals surface area contributed by atoms with Crippen molar-refractivity contribution in [2.45, 2.75) is 19.8 Å². The van der Waals surface area contributed by atoms with Gasteiger partial charge in [0, 0.05) is 21.7 Å². The molecule has 0 atom stereocenters. The summed E-state index contributed by atoms with van der Waals surface area (Å²) in [5.41, 5.74) is 1.22. The van der Waals surface area contributed by atoms with Gasteiger partial charge in [-0.15, -0.1) is 11.3 Å². The number of fused-ring (bicyclic) bond motifs is 3. The Kier molecular flexibility index (Phi) is 2.18. The lowest BCUT2D eigenvalue weighted by Crippen LogP contribution is -1.90. The Hall–Kier alpha value is -1.41. The molecular weight excluding hydrogens is 214 g/mol. The summed E-state index contributed by atoms with van der Waals surface area (Å²) in [4.78, 5) is 4.51. The lowest BCUT2D eigenvalue weighted by molar-refractivity contribution is 0.837. The van der Waals surface area contributed by atoms with Gasteiger partial charge in [-0.25, -0.2) is 0 Å². The van der Waals surface area contributed by atoms with Crippen LogP contribution in [0.3, 0.4) is 0 Å². The predicted octanol–water partition coefficient (Wildman–Crippen LogP) is 4.57. The van der Waals surface area contributed by atoms with E-state index in [9.17, 15) is 0 Å². The Bertz CT molecular complexity index is 652. The third-order valence-electron chi connectivity index (χ3n) is 2.87. The summed E-state index contributed by atoms with van der Waals surface area (Å²) < 4.78 is 2.70. The maximum atomic E-state index is 4.51. The molecule has 1 aromatic carbocycles. The van der Waals surface area contributed by atoms with Gasteiger partial charge in [-0.05, 0) is 18.1 Å². The monoisotopic (exact) mass is 227 g/mol. The van der Waals surface area contributed by atoms with Crippen molar-refractivity contribution in [1.29, 1.82) is 0 Å². The van der Waals surface area contributed by atoms with Crippen molar-refractivity contribution in [3.63, 3.8) is 0 Å². The highest BCUT2D eigenvalue weighted by Crippen LogP contribution is 2.36. The summed E-state index contributed by atoms with van der Waals surface area (Å²) in [5, 5.41) is 2.70. The number of aromatic nitrogens is 1. The molecule has 0 aliphatic heterocycles. The standard InChI is InChI=1S/C14H13NS/c1-9(2)13-14-11(7-8-15-13)10-5-3-4-6-12(10)16-14/h3-9H,1-2H3. The number of thiophene rings is 1. The normalized spacial score (nSPS) is 11.7. The van der Waals surface area contributed by atoms with Crippen LogP contribution in [0.4, 0.5) is 0 Å². The van der Waals surface area contributed by atoms with Crippen LogP contribution < -0.4 is 0 Å². The third kappa shape index (κ3) is 1.34. The molecule has 0 unspecified atom stereocenters. The zero-order valence-electron chi connectivity index (χ0n) is 9.40. The van der Waals surface area contributed by atoms with E-state index < -0.39 is 0 Å². The first-order valence-corrected chi connectivity index (χ1v) is 6.35. The fourth-order valence-corrected chi connectivity index (χ4v) is 3.42. The average molecular weight is 227 g/mol. The van der Waals surface area contributed by atoms with Crippen molar-refractivity contribution in [2.24, 2.45) is 0 Å². The van der Waals surface area contributed by atoms with Crippen molar-refractivity contribution >= 4 is 31.5 Å². The molecule has 2 aromatic heterocycles. The van der Waals surface area contributed by atoms with Gasteiger partial charge >= 0.3 is 0 Å². The van der Waals surface area contributed by atoms with Gasteiger partial charge in [0.25, 0.3) is 0 Å². The Balaban J connectivity index is 2.49. The fourth-order valence-electron chi connectivity index (χ4n) is 2.08. The minimum Gasteiger partial charge on any atom is -0.260 e. The highest BCUT2D eigenvalue weighted by Gasteiger charge is 2.11. The van der Waals surface area contributed by atoms with E-state index in [1.807, 2.05) is 17.5 Å². The van der Waals surface area contributed by atoms with Crippen LogP contribution in [0.5, 0.6) is 0 Å². The molecule has 0 radical (unpaired) electrons. The fraction of sp³-hybridized carbons (Fsp3) is 0.214. The first-order chi connectivity index (χ1) is 7.77. The minimum atomic E-state index is 0.483. The second kappa shape index (κ2) is 3.56. The van der Waals surface area contributed by atoms with Gasteiger partial charge in [0.05, 0.1) is 10.4 Å². The Morgan fingerprint density at radius 1 is 1.06 bits per heavy atom. The maximum Gasteiger partial charge on any atom is 0.0607 e. The molecule has 0 N–H and O–H groups in total. The van der Waals surface area contributed by atoms with Gasteiger partial charge in [0.2, 0.25) is 0 Å². The van der Waals surface area contributed by atoms with Gasteiger partial charge in [0.15, 0.2) is 0 Å². The van der Waals surface area contributed by atoms with Crippen molar-refractivity contribution < 1.29 is 0 Å². The second-order valence-electron chi connectivity index (χ2n) is 4.33. The van der Waals surface area contributed by atoms with Crippen molar-refractivity contribution in [3.05, 3.63) is 42.2 Å². The lowest BCUT2D eigenvalue weighted by atomic mass is 10.1. The van der Waals surface area contributed by atoms with E-state index in [-0.39, 0.29) is 0 Å². The molecule has 0 saturated heterocycles. The number of hydrogen-bond donors (Lipinski definition) is 0. The van der Waals surface area contributed by atoms with Crippen LogP contribution in [0.1, 0.15) is 25.5 Å². The minimum absolute atomic E-state index is 0.483. The summed E-state index contributed by atoms with van der Waals surface area (Å²) in [5.74, 6) is 0.483. The van der Waals surface area contributed by atoms with Crippen LogP contribution in [0.15, 0.2) is 36.5 Å². The quantitative estimate of drug-likeness (QED) is 0.593. The molecular formula is C14H13NS. The highest BCUT2D eigenvalue weighted by atomic mass is 32.1. The molecule has 2 heterocycles. The first kappa shape index (κ1) is 9.79. The van der Waals surface area contributed by atoms with Crippen LogP contribution in [0.2, 0.25) is 0 Å². The smallest absolute Gasteiger partial charge is 0.0607 e. The van der Waals surface area contributed by atoms with Gasteiger partial charge in [0.1, 0.15) is 0 Å². The Morgan fingerprint density at radius 3 is 2.69 bits per heavy atom. The van der Waals surface area contributed by atoms with Crippen molar-refractivity contribution in [2.75, 3.05) is 0 Å². The van der Waals surface area contributed by atoms with E-state index in [1.54, 1.807) is 0 Å². The topological polar surface area (TPSA) is 12.9 Å². The van der Waals surface area contributed by atoms with Crippen molar-refractivity contribution in [1.82, 2.24) is 4.98 Å². The summed E-state index contributed by atoms with van der Waals surface area (Å²) in [6.45, 7) is 4.40. The van der Waals surface area contributed by atoms with E-state index in [2.05, 4.69) is 49.2 Å². The SMILES string of the molecule is CC(C)c1nccc2c1sc1ccccc12. The second-order valence-corrected chi connectivity index (χ2v) is 5.38. The van der Waals surface area contributed by atoms with Crippen LogP contribution in [0, 0.1) is 0 Å². The molecule has 80 valence electrons. The zero-order valence-corrected chi connectivity index (χ0v) is 10.2. The molecule has 3 rings (SSSR count). The lowest BCUT2D eigenvalue weighted by Gasteiger charge is -2.04. The average Bonchev–Trinajstić information content (AvgIpc) is 2.67. The van der Waals surface area contributed by atoms with Gasteiger partial charge in [-0.2, -0.15) is 0 Å². The number of benzene rings is 1. The number of rotatable bonds is 1. The summed E-state index contributed by atoms with van der Waals surface area (Å²) >= 11 is 1.85. The molecule has 3 aromatic rings. The summed E-state index contributed by atoms with van der Waals surface area (Å²) in [6, 6.07) is 10.7. The zero-order chi connectivity index (χ0) is 11.1. The molecule has 0 fully saturated rings. The number of hydrogen-bond acceptors (Lipinski definition) is 2. The third-order valence-corrected chi connectivity index (χ3v) is 4.08. The Morgan fingerprint density at radius 2 is 1.88 bits per heavy atom.